The van der Waals surface area contributed by atoms with Crippen LogP contribution in [0.1, 0.15) is 37.6 Å². The van der Waals surface area contributed by atoms with Gasteiger partial charge in [0.2, 0.25) is 5.91 Å². The smallest absolute Gasteiger partial charge is 0.255 e. The molecule has 26 heavy (non-hydrogen) atoms. The molecule has 2 amide bonds. The van der Waals surface area contributed by atoms with Gasteiger partial charge in [0.15, 0.2) is 0 Å². The number of carbonyl (C=O) groups is 2. The first kappa shape index (κ1) is 19.7. The topological polar surface area (TPSA) is 79.3 Å². The zero-order chi connectivity index (χ0) is 18.9. The minimum atomic E-state index is -0.235. The number of nitrogens with one attached hydrogen (secondary N) is 2. The fourth-order valence-electron chi connectivity index (χ4n) is 2.52. The fourth-order valence-corrected chi connectivity index (χ4v) is 2.52. The van der Waals surface area contributed by atoms with E-state index in [0.717, 1.165) is 26.2 Å². The number of carbonyl (C=O) groups excluding carboxylic acids is 2. The molecule has 0 aliphatic heterocycles. The van der Waals surface area contributed by atoms with Crippen molar-refractivity contribution in [1.82, 2.24) is 14.7 Å². The molecule has 0 bridgehead atoms. The van der Waals surface area contributed by atoms with Gasteiger partial charge < -0.3 is 15.5 Å². The first-order valence-corrected chi connectivity index (χ1v) is 9.01. The number of hydrogen-bond acceptors (Lipinski definition) is 4. The highest BCUT2D eigenvalue weighted by atomic mass is 16.2. The second-order valence-electron chi connectivity index (χ2n) is 5.96. The summed E-state index contributed by atoms with van der Waals surface area (Å²) in [5, 5.41) is 9.88. The molecule has 0 spiro atoms. The highest BCUT2D eigenvalue weighted by Gasteiger charge is 2.09. The molecule has 0 atom stereocenters. The van der Waals surface area contributed by atoms with Gasteiger partial charge in [-0.2, -0.15) is 5.10 Å². The predicted octanol–water partition coefficient (Wildman–Crippen LogP) is 2.83. The molecule has 1 aromatic heterocycles. The van der Waals surface area contributed by atoms with Crippen LogP contribution < -0.4 is 10.6 Å². The van der Waals surface area contributed by atoms with E-state index in [1.807, 2.05) is 10.9 Å². The second kappa shape index (κ2) is 9.72. The normalized spacial score (nSPS) is 10.8. The number of amides is 2. The lowest BCUT2D eigenvalue weighted by Crippen LogP contribution is -2.27. The Bertz CT molecular complexity index is 737. The number of hydrogen-bond donors (Lipinski definition) is 2. The minimum Gasteiger partial charge on any atom is -0.326 e. The third-order valence-electron chi connectivity index (χ3n) is 4.16. The average molecular weight is 357 g/mol. The van der Waals surface area contributed by atoms with Crippen LogP contribution in [0.4, 0.5) is 11.4 Å². The van der Waals surface area contributed by atoms with Crippen LogP contribution in [0.2, 0.25) is 0 Å². The van der Waals surface area contributed by atoms with Gasteiger partial charge in [0, 0.05) is 30.4 Å². The van der Waals surface area contributed by atoms with Crippen molar-refractivity contribution in [3.05, 3.63) is 42.2 Å². The van der Waals surface area contributed by atoms with Crippen molar-refractivity contribution in [3.8, 4) is 0 Å². The number of rotatable bonds is 9. The number of benzene rings is 1. The molecule has 2 N–H and O–H groups in total. The summed E-state index contributed by atoms with van der Waals surface area (Å²) in [4.78, 5) is 26.2. The van der Waals surface area contributed by atoms with Crippen molar-refractivity contribution in [2.45, 2.75) is 33.7 Å². The monoisotopic (exact) mass is 357 g/mol. The third-order valence-corrected chi connectivity index (χ3v) is 4.16. The first-order chi connectivity index (χ1) is 12.5. The van der Waals surface area contributed by atoms with Crippen LogP contribution in [0.15, 0.2) is 36.7 Å². The molecular weight excluding hydrogens is 330 g/mol. The van der Waals surface area contributed by atoms with Crippen molar-refractivity contribution in [1.29, 1.82) is 0 Å². The summed E-state index contributed by atoms with van der Waals surface area (Å²) in [7, 11) is 0. The molecule has 0 aliphatic carbocycles. The van der Waals surface area contributed by atoms with Gasteiger partial charge in [-0.05, 0) is 31.3 Å². The second-order valence-corrected chi connectivity index (χ2v) is 5.96. The standard InChI is InChI=1S/C19H27N5O2/c1-4-18(25)21-16-9-7-8-15(12-16)19(26)22-17-13-20-24(14-17)11-10-23(5-2)6-3/h7-9,12-14H,4-6,10-11H2,1-3H3,(H,21,25)(H,22,26). The summed E-state index contributed by atoms with van der Waals surface area (Å²) in [6, 6.07) is 6.87. The molecule has 0 saturated carbocycles. The summed E-state index contributed by atoms with van der Waals surface area (Å²) >= 11 is 0. The van der Waals surface area contributed by atoms with Crippen LogP contribution in [0, 0.1) is 0 Å². The molecule has 7 nitrogen and oxygen atoms in total. The summed E-state index contributed by atoms with van der Waals surface area (Å²) in [5.74, 6) is -0.321. The summed E-state index contributed by atoms with van der Waals surface area (Å²) in [6.45, 7) is 9.75. The zero-order valence-electron chi connectivity index (χ0n) is 15.7. The van der Waals surface area contributed by atoms with Crippen LogP contribution in [-0.2, 0) is 11.3 Å². The fraction of sp³-hybridized carbons (Fsp3) is 0.421. The van der Waals surface area contributed by atoms with Crippen molar-refractivity contribution >= 4 is 23.2 Å². The molecule has 2 aromatic rings. The Kier molecular flexibility index (Phi) is 7.35. The number of aromatic nitrogens is 2. The Morgan fingerprint density at radius 2 is 1.88 bits per heavy atom. The lowest BCUT2D eigenvalue weighted by atomic mass is 10.2. The van der Waals surface area contributed by atoms with Gasteiger partial charge in [-0.25, -0.2) is 0 Å². The van der Waals surface area contributed by atoms with E-state index in [0.29, 0.717) is 23.4 Å². The summed E-state index contributed by atoms with van der Waals surface area (Å²) in [5.41, 5.74) is 1.74. The molecule has 7 heteroatoms. The highest BCUT2D eigenvalue weighted by Crippen LogP contribution is 2.13. The third kappa shape index (κ3) is 5.70. The molecule has 140 valence electrons. The van der Waals surface area contributed by atoms with Crippen LogP contribution in [0.3, 0.4) is 0 Å². The molecule has 1 aromatic carbocycles. The van der Waals surface area contributed by atoms with Gasteiger partial charge in [0.1, 0.15) is 0 Å². The Balaban J connectivity index is 1.95. The number of anilines is 2. The van der Waals surface area contributed by atoms with Gasteiger partial charge >= 0.3 is 0 Å². The Morgan fingerprint density at radius 3 is 2.58 bits per heavy atom. The molecular formula is C19H27N5O2. The van der Waals surface area contributed by atoms with Gasteiger partial charge in [-0.1, -0.05) is 26.8 Å². The van der Waals surface area contributed by atoms with E-state index < -0.39 is 0 Å². The Morgan fingerprint density at radius 1 is 1.12 bits per heavy atom. The van der Waals surface area contributed by atoms with Crippen molar-refractivity contribution in [2.24, 2.45) is 0 Å². The van der Waals surface area contributed by atoms with E-state index in [2.05, 4.69) is 34.5 Å². The maximum atomic E-state index is 12.4. The van der Waals surface area contributed by atoms with Crippen LogP contribution in [0.5, 0.6) is 0 Å². The molecule has 0 fully saturated rings. The van der Waals surface area contributed by atoms with E-state index in [4.69, 9.17) is 0 Å². The van der Waals surface area contributed by atoms with E-state index in [1.165, 1.54) is 0 Å². The van der Waals surface area contributed by atoms with Crippen molar-refractivity contribution < 1.29 is 9.59 Å². The van der Waals surface area contributed by atoms with Crippen LogP contribution >= 0.6 is 0 Å². The predicted molar refractivity (Wildman–Crippen MR) is 103 cm³/mol. The van der Waals surface area contributed by atoms with Gasteiger partial charge in [-0.15, -0.1) is 0 Å². The maximum absolute atomic E-state index is 12.4. The van der Waals surface area contributed by atoms with Crippen molar-refractivity contribution in [3.63, 3.8) is 0 Å². The average Bonchev–Trinajstić information content (AvgIpc) is 3.10. The molecule has 2 rings (SSSR count). The first-order valence-electron chi connectivity index (χ1n) is 9.01. The quantitative estimate of drug-likeness (QED) is 0.723. The summed E-state index contributed by atoms with van der Waals surface area (Å²) < 4.78 is 1.83. The lowest BCUT2D eigenvalue weighted by molar-refractivity contribution is -0.115. The van der Waals surface area contributed by atoms with E-state index in [-0.39, 0.29) is 11.8 Å². The largest absolute Gasteiger partial charge is 0.326 e. The molecule has 0 radical (unpaired) electrons. The maximum Gasteiger partial charge on any atom is 0.255 e. The summed E-state index contributed by atoms with van der Waals surface area (Å²) in [6.07, 6.45) is 3.86. The lowest BCUT2D eigenvalue weighted by Gasteiger charge is -2.17. The Hall–Kier alpha value is -2.67. The zero-order valence-corrected chi connectivity index (χ0v) is 15.7. The van der Waals surface area contributed by atoms with E-state index in [1.54, 1.807) is 37.4 Å². The molecule has 1 heterocycles. The Labute approximate surface area is 154 Å². The molecule has 0 aliphatic rings. The number of likely N-dealkylation sites (N-methyl/N-ethyl adjacent to an activating group) is 1. The molecule has 0 unspecified atom stereocenters. The highest BCUT2D eigenvalue weighted by molar-refractivity contribution is 6.05. The van der Waals surface area contributed by atoms with Crippen LogP contribution in [-0.4, -0.2) is 46.1 Å². The van der Waals surface area contributed by atoms with E-state index >= 15 is 0 Å². The minimum absolute atomic E-state index is 0.0861. The molecule has 0 saturated heterocycles. The SMILES string of the molecule is CCC(=O)Nc1cccc(C(=O)Nc2cnn(CCN(CC)CC)c2)c1. The van der Waals surface area contributed by atoms with Gasteiger partial charge in [0.05, 0.1) is 18.4 Å². The van der Waals surface area contributed by atoms with Gasteiger partial charge in [0.25, 0.3) is 5.91 Å². The van der Waals surface area contributed by atoms with Crippen molar-refractivity contribution in [2.75, 3.05) is 30.3 Å². The van der Waals surface area contributed by atoms with E-state index in [9.17, 15) is 9.59 Å². The number of nitrogens with zero attached hydrogens (tertiary/aromatic N) is 3. The van der Waals surface area contributed by atoms with Gasteiger partial charge in [-0.3, -0.25) is 14.3 Å². The van der Waals surface area contributed by atoms with Crippen LogP contribution in [0.25, 0.3) is 0 Å².